The predicted molar refractivity (Wildman–Crippen MR) is 143 cm³/mol. The van der Waals surface area contributed by atoms with Crippen LogP contribution in [0.4, 0.5) is 0 Å². The summed E-state index contributed by atoms with van der Waals surface area (Å²) in [5, 5.41) is 15.3. The second kappa shape index (κ2) is 10.1. The van der Waals surface area contributed by atoms with Crippen LogP contribution in [0, 0.1) is 13.8 Å². The third-order valence-corrected chi connectivity index (χ3v) is 8.21. The van der Waals surface area contributed by atoms with Crippen molar-refractivity contribution in [3.8, 4) is 5.75 Å². The number of benzene rings is 2. The van der Waals surface area contributed by atoms with E-state index in [-0.39, 0.29) is 11.3 Å². The average molecular weight is 516 g/mol. The molecule has 182 valence electrons. The molecule has 0 spiro atoms. The number of hydrogen-bond donors (Lipinski definition) is 1. The number of rotatable bonds is 7. The molecule has 0 bridgehead atoms. The maximum absolute atomic E-state index is 13.3. The van der Waals surface area contributed by atoms with Crippen LogP contribution in [-0.4, -0.2) is 21.7 Å². The zero-order valence-electron chi connectivity index (χ0n) is 19.9. The van der Waals surface area contributed by atoms with Crippen molar-refractivity contribution in [2.24, 2.45) is 0 Å². The van der Waals surface area contributed by atoms with Gasteiger partial charge in [0.25, 0.3) is 11.7 Å². The third-order valence-electron chi connectivity index (χ3n) is 6.28. The highest BCUT2D eigenvalue weighted by Crippen LogP contribution is 2.43. The van der Waals surface area contributed by atoms with Gasteiger partial charge in [0.05, 0.1) is 12.1 Å². The summed E-state index contributed by atoms with van der Waals surface area (Å²) in [6.45, 7) is 4.60. The van der Waals surface area contributed by atoms with Gasteiger partial charge >= 0.3 is 0 Å². The Morgan fingerprint density at radius 2 is 1.75 bits per heavy atom. The summed E-state index contributed by atoms with van der Waals surface area (Å²) in [5.74, 6) is -0.733. The molecule has 4 aromatic rings. The van der Waals surface area contributed by atoms with Crippen LogP contribution in [0.2, 0.25) is 0 Å². The Balaban J connectivity index is 1.50. The Labute approximate surface area is 217 Å². The van der Waals surface area contributed by atoms with Gasteiger partial charge in [0.15, 0.2) is 0 Å². The fraction of sp³-hybridized carbons (Fsp3) is 0.172. The van der Waals surface area contributed by atoms with E-state index < -0.39 is 17.7 Å². The number of nitrogens with zero attached hydrogens (tertiary/aromatic N) is 1. The van der Waals surface area contributed by atoms with E-state index >= 15 is 0 Å². The highest BCUT2D eigenvalue weighted by Gasteiger charge is 2.47. The molecule has 1 unspecified atom stereocenters. The standard InChI is InChI=1S/C29H25NO4S2/c1-18-12-14-36-28(18)25-24(27(32)29(33)30(25)16-22-9-6-13-35-22)26(31)21-10-11-23(19(2)15-21)34-17-20-7-4-3-5-8-20/h3-15,25,31H,16-17H2,1-2H3/b26-24-. The summed E-state index contributed by atoms with van der Waals surface area (Å²) in [4.78, 5) is 29.8. The highest BCUT2D eigenvalue weighted by atomic mass is 32.1. The van der Waals surface area contributed by atoms with E-state index in [1.54, 1.807) is 23.1 Å². The molecular formula is C29H25NO4S2. The first-order valence-corrected chi connectivity index (χ1v) is 13.3. The zero-order valence-corrected chi connectivity index (χ0v) is 21.6. The summed E-state index contributed by atoms with van der Waals surface area (Å²) in [6.07, 6.45) is 0. The van der Waals surface area contributed by atoms with Crippen LogP contribution in [0.15, 0.2) is 83.1 Å². The summed E-state index contributed by atoms with van der Waals surface area (Å²) < 4.78 is 5.97. The van der Waals surface area contributed by atoms with Gasteiger partial charge in [0.1, 0.15) is 24.2 Å². The topological polar surface area (TPSA) is 66.8 Å². The fourth-order valence-electron chi connectivity index (χ4n) is 4.40. The van der Waals surface area contributed by atoms with Gasteiger partial charge in [-0.3, -0.25) is 9.59 Å². The first kappa shape index (κ1) is 24.0. The quantitative estimate of drug-likeness (QED) is 0.170. The lowest BCUT2D eigenvalue weighted by Crippen LogP contribution is -2.28. The number of thiophene rings is 2. The van der Waals surface area contributed by atoms with Gasteiger partial charge in [-0.25, -0.2) is 0 Å². The predicted octanol–water partition coefficient (Wildman–Crippen LogP) is 6.63. The van der Waals surface area contributed by atoms with E-state index in [0.29, 0.717) is 24.5 Å². The van der Waals surface area contributed by atoms with Crippen LogP contribution < -0.4 is 4.74 Å². The SMILES string of the molecule is Cc1cc(/C(O)=C2/C(=O)C(=O)N(Cc3cccs3)C2c2sccc2C)ccc1OCc1ccccc1. The minimum Gasteiger partial charge on any atom is -0.507 e. The van der Waals surface area contributed by atoms with Crippen molar-refractivity contribution in [1.29, 1.82) is 0 Å². The van der Waals surface area contributed by atoms with E-state index in [1.807, 2.05) is 73.1 Å². The Morgan fingerprint density at radius 3 is 2.42 bits per heavy atom. The smallest absolute Gasteiger partial charge is 0.296 e. The molecule has 2 aromatic heterocycles. The Bertz CT molecular complexity index is 1440. The lowest BCUT2D eigenvalue weighted by atomic mass is 9.97. The van der Waals surface area contributed by atoms with Gasteiger partial charge in [0, 0.05) is 15.3 Å². The lowest BCUT2D eigenvalue weighted by molar-refractivity contribution is -0.140. The molecule has 2 aromatic carbocycles. The van der Waals surface area contributed by atoms with Crippen molar-refractivity contribution >= 4 is 40.1 Å². The maximum Gasteiger partial charge on any atom is 0.296 e. The number of amides is 1. The number of carbonyl (C=O) groups is 2. The number of hydrogen-bond acceptors (Lipinski definition) is 6. The number of likely N-dealkylation sites (tertiary alicyclic amines) is 1. The minimum atomic E-state index is -0.663. The number of carbonyl (C=O) groups excluding carboxylic acids is 2. The van der Waals surface area contributed by atoms with Crippen LogP contribution in [0.1, 0.15) is 38.0 Å². The largest absolute Gasteiger partial charge is 0.507 e. The monoisotopic (exact) mass is 515 g/mol. The van der Waals surface area contributed by atoms with Gasteiger partial charge in [-0.05, 0) is 71.6 Å². The molecule has 1 saturated heterocycles. The van der Waals surface area contributed by atoms with Crippen molar-refractivity contribution < 1.29 is 19.4 Å². The molecule has 36 heavy (non-hydrogen) atoms. The molecular weight excluding hydrogens is 490 g/mol. The first-order valence-electron chi connectivity index (χ1n) is 11.6. The molecule has 1 aliphatic rings. The molecule has 0 saturated carbocycles. The summed E-state index contributed by atoms with van der Waals surface area (Å²) >= 11 is 3.02. The maximum atomic E-state index is 13.3. The van der Waals surface area contributed by atoms with Crippen LogP contribution in [0.3, 0.4) is 0 Å². The Morgan fingerprint density at radius 1 is 0.944 bits per heavy atom. The molecule has 3 heterocycles. The van der Waals surface area contributed by atoms with E-state index in [4.69, 9.17) is 4.74 Å². The van der Waals surface area contributed by atoms with Gasteiger partial charge in [-0.2, -0.15) is 0 Å². The molecule has 1 atom stereocenters. The van der Waals surface area contributed by atoms with Crippen LogP contribution in [0.5, 0.6) is 5.75 Å². The van der Waals surface area contributed by atoms with Crippen LogP contribution in [-0.2, 0) is 22.7 Å². The van der Waals surface area contributed by atoms with Crippen molar-refractivity contribution in [1.82, 2.24) is 4.90 Å². The van der Waals surface area contributed by atoms with Crippen LogP contribution >= 0.6 is 22.7 Å². The van der Waals surface area contributed by atoms with Gasteiger partial charge in [-0.15, -0.1) is 22.7 Å². The summed E-state index contributed by atoms with van der Waals surface area (Å²) in [6, 6.07) is 20.4. The third kappa shape index (κ3) is 4.59. The minimum absolute atomic E-state index is 0.125. The number of aliphatic hydroxyl groups excluding tert-OH is 1. The lowest BCUT2D eigenvalue weighted by Gasteiger charge is -2.24. The molecule has 7 heteroatoms. The molecule has 5 rings (SSSR count). The average Bonchev–Trinajstić information content (AvgIpc) is 3.61. The second-order valence-electron chi connectivity index (χ2n) is 8.73. The number of ether oxygens (including phenoxy) is 1. The van der Waals surface area contributed by atoms with Crippen molar-refractivity contribution in [2.45, 2.75) is 33.0 Å². The molecule has 0 radical (unpaired) electrons. The molecule has 5 nitrogen and oxygen atoms in total. The van der Waals surface area contributed by atoms with Gasteiger partial charge in [0.2, 0.25) is 0 Å². The number of aliphatic hydroxyl groups is 1. The summed E-state index contributed by atoms with van der Waals surface area (Å²) in [7, 11) is 0. The molecule has 1 fully saturated rings. The van der Waals surface area contributed by atoms with Crippen LogP contribution in [0.25, 0.3) is 5.76 Å². The van der Waals surface area contributed by atoms with E-state index in [1.165, 1.54) is 22.7 Å². The van der Waals surface area contributed by atoms with Gasteiger partial charge < -0.3 is 14.7 Å². The molecule has 0 aliphatic carbocycles. The Kier molecular flexibility index (Phi) is 6.76. The Hall–Kier alpha value is -3.68. The van der Waals surface area contributed by atoms with Crippen molar-refractivity contribution in [3.63, 3.8) is 0 Å². The number of ketones is 1. The number of Topliss-reactive ketones (excluding diaryl/α,β-unsaturated/α-hetero) is 1. The second-order valence-corrected chi connectivity index (χ2v) is 10.7. The number of aryl methyl sites for hydroxylation is 2. The zero-order chi connectivity index (χ0) is 25.2. The van der Waals surface area contributed by atoms with Crippen molar-refractivity contribution in [2.75, 3.05) is 0 Å². The molecule has 1 N–H and O–H groups in total. The normalized spacial score (nSPS) is 17.1. The highest BCUT2D eigenvalue weighted by molar-refractivity contribution is 7.10. The van der Waals surface area contributed by atoms with E-state index in [2.05, 4.69) is 0 Å². The summed E-state index contributed by atoms with van der Waals surface area (Å²) in [5.41, 5.74) is 3.47. The van der Waals surface area contributed by atoms with E-state index in [9.17, 15) is 14.7 Å². The van der Waals surface area contributed by atoms with Crippen molar-refractivity contribution in [3.05, 3.63) is 115 Å². The fourth-order valence-corrected chi connectivity index (χ4v) is 6.15. The van der Waals surface area contributed by atoms with Gasteiger partial charge in [-0.1, -0.05) is 36.4 Å². The molecule has 1 amide bonds. The first-order chi connectivity index (χ1) is 17.4. The molecule has 1 aliphatic heterocycles. The van der Waals surface area contributed by atoms with E-state index in [0.717, 1.165) is 26.4 Å².